The lowest BCUT2D eigenvalue weighted by atomic mass is 10.1. The highest BCUT2D eigenvalue weighted by atomic mass is 32.2. The maximum absolute atomic E-state index is 12.8. The number of aryl methyl sites for hydroxylation is 1. The van der Waals surface area contributed by atoms with Gasteiger partial charge in [0.1, 0.15) is 0 Å². The largest absolute Gasteiger partial charge is 0.347 e. The molecule has 3 rings (SSSR count). The summed E-state index contributed by atoms with van der Waals surface area (Å²) < 4.78 is 28.0. The van der Waals surface area contributed by atoms with Crippen LogP contribution in [0.15, 0.2) is 77.7 Å². The molecule has 172 valence electrons. The molecule has 0 spiro atoms. The zero-order valence-corrected chi connectivity index (χ0v) is 19.8. The van der Waals surface area contributed by atoms with Crippen molar-refractivity contribution in [2.45, 2.75) is 38.1 Å². The van der Waals surface area contributed by atoms with Gasteiger partial charge in [0.25, 0.3) is 21.8 Å². The van der Waals surface area contributed by atoms with Gasteiger partial charge in [-0.2, -0.15) is 0 Å². The van der Waals surface area contributed by atoms with Crippen LogP contribution in [-0.4, -0.2) is 25.8 Å². The highest BCUT2D eigenvalue weighted by molar-refractivity contribution is 7.92. The van der Waals surface area contributed by atoms with Crippen molar-refractivity contribution in [2.24, 2.45) is 0 Å². The number of amides is 2. The van der Waals surface area contributed by atoms with Crippen molar-refractivity contribution >= 4 is 33.2 Å². The van der Waals surface area contributed by atoms with Crippen LogP contribution in [0.3, 0.4) is 0 Å². The van der Waals surface area contributed by atoms with E-state index in [2.05, 4.69) is 15.4 Å². The third-order valence-electron chi connectivity index (χ3n) is 4.72. The number of sulfonamides is 1. The van der Waals surface area contributed by atoms with Gasteiger partial charge < -0.3 is 10.6 Å². The fraction of sp³-hybridized carbons (Fsp3) is 0.200. The molecule has 3 aromatic carbocycles. The van der Waals surface area contributed by atoms with Crippen molar-refractivity contribution in [2.75, 3.05) is 10.0 Å². The Morgan fingerprint density at radius 2 is 1.33 bits per heavy atom. The van der Waals surface area contributed by atoms with Gasteiger partial charge in [0.05, 0.1) is 21.8 Å². The van der Waals surface area contributed by atoms with Crippen LogP contribution in [0.1, 0.15) is 47.1 Å². The van der Waals surface area contributed by atoms with E-state index in [9.17, 15) is 18.0 Å². The summed E-state index contributed by atoms with van der Waals surface area (Å²) >= 11 is 0. The Hall–Kier alpha value is -3.65. The maximum atomic E-state index is 12.8. The molecule has 3 N–H and O–H groups in total. The van der Waals surface area contributed by atoms with Crippen LogP contribution in [0.5, 0.6) is 0 Å². The third kappa shape index (κ3) is 6.20. The second-order valence-corrected chi connectivity index (χ2v) is 10.3. The van der Waals surface area contributed by atoms with Gasteiger partial charge in [0.2, 0.25) is 0 Å². The molecular formula is C25H27N3O4S. The van der Waals surface area contributed by atoms with Crippen molar-refractivity contribution in [1.29, 1.82) is 0 Å². The number of anilines is 2. The molecular weight excluding hydrogens is 438 g/mol. The molecule has 0 atom stereocenters. The van der Waals surface area contributed by atoms with Crippen molar-refractivity contribution < 1.29 is 18.0 Å². The number of hydrogen-bond donors (Lipinski definition) is 3. The zero-order chi connectivity index (χ0) is 24.2. The van der Waals surface area contributed by atoms with E-state index >= 15 is 0 Å². The van der Waals surface area contributed by atoms with Gasteiger partial charge in [-0.25, -0.2) is 8.42 Å². The van der Waals surface area contributed by atoms with E-state index < -0.39 is 21.5 Å². The van der Waals surface area contributed by atoms with E-state index in [1.165, 1.54) is 24.3 Å². The Morgan fingerprint density at radius 1 is 0.758 bits per heavy atom. The molecule has 0 fully saturated rings. The molecule has 0 radical (unpaired) electrons. The molecule has 33 heavy (non-hydrogen) atoms. The van der Waals surface area contributed by atoms with Gasteiger partial charge in [-0.3, -0.25) is 14.3 Å². The first-order valence-electron chi connectivity index (χ1n) is 10.4. The highest BCUT2D eigenvalue weighted by Crippen LogP contribution is 2.21. The standard InChI is InChI=1S/C25H27N3O4S/c1-17-9-5-7-11-21(17)28-33(31,32)19-15-13-18(14-16-19)23(29)26-22-12-8-6-10-20(22)24(30)27-25(2,3)4/h5-16,28H,1-4H3,(H,26,29)(H,27,30). The molecule has 0 aromatic heterocycles. The molecule has 0 aliphatic rings. The third-order valence-corrected chi connectivity index (χ3v) is 6.11. The second kappa shape index (κ2) is 9.46. The molecule has 3 aromatic rings. The first-order chi connectivity index (χ1) is 15.5. The fourth-order valence-electron chi connectivity index (χ4n) is 3.07. The van der Waals surface area contributed by atoms with Crippen LogP contribution in [-0.2, 0) is 10.0 Å². The van der Waals surface area contributed by atoms with Crippen LogP contribution < -0.4 is 15.4 Å². The molecule has 0 saturated carbocycles. The van der Waals surface area contributed by atoms with Crippen LogP contribution in [0.4, 0.5) is 11.4 Å². The van der Waals surface area contributed by atoms with E-state index in [1.807, 2.05) is 39.8 Å². The molecule has 0 bridgehead atoms. The molecule has 0 unspecified atom stereocenters. The fourth-order valence-corrected chi connectivity index (χ4v) is 4.20. The molecule has 7 nitrogen and oxygen atoms in total. The van der Waals surface area contributed by atoms with E-state index in [0.717, 1.165) is 5.56 Å². The number of hydrogen-bond acceptors (Lipinski definition) is 4. The van der Waals surface area contributed by atoms with Gasteiger partial charge in [-0.15, -0.1) is 0 Å². The Bertz CT molecular complexity index is 1280. The summed E-state index contributed by atoms with van der Waals surface area (Å²) in [5.74, 6) is -0.760. The smallest absolute Gasteiger partial charge is 0.261 e. The van der Waals surface area contributed by atoms with Crippen LogP contribution in [0.2, 0.25) is 0 Å². The van der Waals surface area contributed by atoms with Gasteiger partial charge in [-0.05, 0) is 75.7 Å². The lowest BCUT2D eigenvalue weighted by Crippen LogP contribution is -2.40. The van der Waals surface area contributed by atoms with E-state index in [1.54, 1.807) is 36.4 Å². The van der Waals surface area contributed by atoms with Crippen LogP contribution in [0, 0.1) is 6.92 Å². The minimum absolute atomic E-state index is 0.0345. The van der Waals surface area contributed by atoms with E-state index in [0.29, 0.717) is 16.9 Å². The number of carbonyl (C=O) groups is 2. The van der Waals surface area contributed by atoms with E-state index in [-0.39, 0.29) is 16.4 Å². The molecule has 0 heterocycles. The van der Waals surface area contributed by atoms with Crippen molar-refractivity contribution in [3.8, 4) is 0 Å². The first kappa shape index (κ1) is 24.0. The summed E-state index contributed by atoms with van der Waals surface area (Å²) in [4.78, 5) is 25.4. The maximum Gasteiger partial charge on any atom is 0.261 e. The van der Waals surface area contributed by atoms with Crippen LogP contribution >= 0.6 is 0 Å². The Labute approximate surface area is 194 Å². The van der Waals surface area contributed by atoms with Gasteiger partial charge >= 0.3 is 0 Å². The number of para-hydroxylation sites is 2. The lowest BCUT2D eigenvalue weighted by molar-refractivity contribution is 0.0920. The van der Waals surface area contributed by atoms with Gasteiger partial charge in [-0.1, -0.05) is 30.3 Å². The predicted octanol–water partition coefficient (Wildman–Crippen LogP) is 4.58. The second-order valence-electron chi connectivity index (χ2n) is 8.65. The summed E-state index contributed by atoms with van der Waals surface area (Å²) in [6.45, 7) is 7.42. The SMILES string of the molecule is Cc1ccccc1NS(=O)(=O)c1ccc(C(=O)Nc2ccccc2C(=O)NC(C)(C)C)cc1. The molecule has 0 aliphatic heterocycles. The summed E-state index contributed by atoms with van der Waals surface area (Å²) in [7, 11) is -3.81. The topological polar surface area (TPSA) is 104 Å². The Balaban J connectivity index is 1.77. The average Bonchev–Trinajstić information content (AvgIpc) is 2.74. The summed E-state index contributed by atoms with van der Waals surface area (Å²) in [5.41, 5.74) is 1.82. The first-order valence-corrected chi connectivity index (χ1v) is 11.9. The monoisotopic (exact) mass is 465 g/mol. The van der Waals surface area contributed by atoms with Crippen molar-refractivity contribution in [3.05, 3.63) is 89.5 Å². The number of benzene rings is 3. The number of nitrogens with one attached hydrogen (secondary N) is 3. The molecule has 0 saturated heterocycles. The summed E-state index contributed by atoms with van der Waals surface area (Å²) in [5, 5.41) is 5.61. The quantitative estimate of drug-likeness (QED) is 0.496. The summed E-state index contributed by atoms with van der Waals surface area (Å²) in [6, 6.07) is 19.4. The molecule has 2 amide bonds. The van der Waals surface area contributed by atoms with Gasteiger partial charge in [0, 0.05) is 11.1 Å². The zero-order valence-electron chi connectivity index (χ0n) is 19.0. The lowest BCUT2D eigenvalue weighted by Gasteiger charge is -2.21. The van der Waals surface area contributed by atoms with E-state index in [4.69, 9.17) is 0 Å². The Kier molecular flexibility index (Phi) is 6.88. The average molecular weight is 466 g/mol. The Morgan fingerprint density at radius 3 is 1.94 bits per heavy atom. The van der Waals surface area contributed by atoms with Crippen LogP contribution in [0.25, 0.3) is 0 Å². The van der Waals surface area contributed by atoms with Crippen molar-refractivity contribution in [1.82, 2.24) is 5.32 Å². The summed E-state index contributed by atoms with van der Waals surface area (Å²) in [6.07, 6.45) is 0. The predicted molar refractivity (Wildman–Crippen MR) is 130 cm³/mol. The molecule has 0 aliphatic carbocycles. The highest BCUT2D eigenvalue weighted by Gasteiger charge is 2.20. The molecule has 8 heteroatoms. The minimum atomic E-state index is -3.81. The number of rotatable bonds is 6. The van der Waals surface area contributed by atoms with Crippen molar-refractivity contribution in [3.63, 3.8) is 0 Å². The number of carbonyl (C=O) groups excluding carboxylic acids is 2. The van der Waals surface area contributed by atoms with Gasteiger partial charge in [0.15, 0.2) is 0 Å². The minimum Gasteiger partial charge on any atom is -0.347 e. The normalized spacial score (nSPS) is 11.5.